The molecule has 8 heteroatoms. The standard InChI is InChI=1S/C13H12FN5OS/c1-8-16-17-13-19(8)18-12(21-13)11(20)15-7-6-9-2-4-10(14)5-3-9/h2-5H,6-7H2,1H3,(H,15,20). The van der Waals surface area contributed by atoms with E-state index in [1.165, 1.54) is 23.5 Å². The van der Waals surface area contributed by atoms with Crippen LogP contribution in [0, 0.1) is 12.7 Å². The van der Waals surface area contributed by atoms with Gasteiger partial charge in [-0.1, -0.05) is 23.5 Å². The molecule has 1 N–H and O–H groups in total. The van der Waals surface area contributed by atoms with Crippen molar-refractivity contribution in [3.63, 3.8) is 0 Å². The number of nitrogens with one attached hydrogen (secondary N) is 1. The molecule has 2 aromatic heterocycles. The number of carbonyl (C=O) groups excluding carboxylic acids is 1. The van der Waals surface area contributed by atoms with E-state index in [9.17, 15) is 9.18 Å². The molecule has 0 spiro atoms. The maximum absolute atomic E-state index is 12.8. The molecule has 21 heavy (non-hydrogen) atoms. The summed E-state index contributed by atoms with van der Waals surface area (Å²) in [5, 5.41) is 15.1. The minimum atomic E-state index is -0.266. The second-order valence-corrected chi connectivity index (χ2v) is 5.44. The van der Waals surface area contributed by atoms with E-state index in [2.05, 4.69) is 20.6 Å². The highest BCUT2D eigenvalue weighted by Gasteiger charge is 2.14. The number of aromatic nitrogens is 4. The maximum atomic E-state index is 12.8. The molecule has 0 aliphatic heterocycles. The van der Waals surface area contributed by atoms with Crippen molar-refractivity contribution in [3.8, 4) is 0 Å². The number of rotatable bonds is 4. The van der Waals surface area contributed by atoms with Gasteiger partial charge < -0.3 is 5.32 Å². The van der Waals surface area contributed by atoms with Crippen LogP contribution in [0.2, 0.25) is 0 Å². The number of halogens is 1. The summed E-state index contributed by atoms with van der Waals surface area (Å²) < 4.78 is 14.3. The zero-order valence-corrected chi connectivity index (χ0v) is 12.0. The molecule has 2 heterocycles. The van der Waals surface area contributed by atoms with Crippen LogP contribution in [0.3, 0.4) is 0 Å². The lowest BCUT2D eigenvalue weighted by Crippen LogP contribution is -2.25. The lowest BCUT2D eigenvalue weighted by atomic mass is 10.1. The van der Waals surface area contributed by atoms with Crippen LogP contribution in [-0.4, -0.2) is 32.3 Å². The van der Waals surface area contributed by atoms with Gasteiger partial charge in [0.25, 0.3) is 5.91 Å². The van der Waals surface area contributed by atoms with Crippen LogP contribution in [0.5, 0.6) is 0 Å². The van der Waals surface area contributed by atoms with Gasteiger partial charge in [-0.15, -0.1) is 15.3 Å². The number of benzene rings is 1. The minimum absolute atomic E-state index is 0.244. The molecule has 1 aromatic carbocycles. The predicted octanol–water partition coefficient (Wildman–Crippen LogP) is 1.61. The van der Waals surface area contributed by atoms with Crippen molar-refractivity contribution in [2.75, 3.05) is 6.54 Å². The number of nitrogens with zero attached hydrogens (tertiary/aromatic N) is 4. The quantitative estimate of drug-likeness (QED) is 0.795. The number of aryl methyl sites for hydroxylation is 1. The minimum Gasteiger partial charge on any atom is -0.350 e. The van der Waals surface area contributed by atoms with Crippen molar-refractivity contribution in [2.24, 2.45) is 0 Å². The highest BCUT2D eigenvalue weighted by Crippen LogP contribution is 2.13. The number of carbonyl (C=O) groups is 1. The first-order chi connectivity index (χ1) is 10.1. The first-order valence-corrected chi connectivity index (χ1v) is 7.16. The van der Waals surface area contributed by atoms with Crippen molar-refractivity contribution >= 4 is 22.2 Å². The van der Waals surface area contributed by atoms with Crippen molar-refractivity contribution in [3.05, 3.63) is 46.5 Å². The largest absolute Gasteiger partial charge is 0.350 e. The number of amides is 1. The van der Waals surface area contributed by atoms with Crippen LogP contribution in [0.15, 0.2) is 24.3 Å². The van der Waals surface area contributed by atoms with E-state index in [0.29, 0.717) is 28.8 Å². The summed E-state index contributed by atoms with van der Waals surface area (Å²) in [4.78, 5) is 12.6. The second kappa shape index (κ2) is 5.57. The van der Waals surface area contributed by atoms with Crippen LogP contribution in [-0.2, 0) is 6.42 Å². The third-order valence-corrected chi connectivity index (χ3v) is 3.85. The van der Waals surface area contributed by atoms with Crippen LogP contribution in [0.25, 0.3) is 4.96 Å². The first-order valence-electron chi connectivity index (χ1n) is 6.35. The fourth-order valence-electron chi connectivity index (χ4n) is 1.85. The van der Waals surface area contributed by atoms with E-state index in [0.717, 1.165) is 5.56 Å². The summed E-state index contributed by atoms with van der Waals surface area (Å²) in [5.41, 5.74) is 0.964. The Morgan fingerprint density at radius 3 is 2.81 bits per heavy atom. The first kappa shape index (κ1) is 13.6. The monoisotopic (exact) mass is 305 g/mol. The Morgan fingerprint density at radius 1 is 1.33 bits per heavy atom. The van der Waals surface area contributed by atoms with E-state index in [-0.39, 0.29) is 11.7 Å². The Balaban J connectivity index is 1.59. The van der Waals surface area contributed by atoms with Gasteiger partial charge in [0.1, 0.15) is 5.82 Å². The van der Waals surface area contributed by atoms with Gasteiger partial charge in [-0.05, 0) is 31.0 Å². The molecule has 0 unspecified atom stereocenters. The molecule has 1 amide bonds. The number of hydrogen-bond acceptors (Lipinski definition) is 5. The van der Waals surface area contributed by atoms with Gasteiger partial charge in [0, 0.05) is 6.54 Å². The van der Waals surface area contributed by atoms with Crippen LogP contribution < -0.4 is 5.32 Å². The highest BCUT2D eigenvalue weighted by molar-refractivity contribution is 7.18. The van der Waals surface area contributed by atoms with Crippen molar-refractivity contribution in [2.45, 2.75) is 13.3 Å². The van der Waals surface area contributed by atoms with Crippen LogP contribution in [0.1, 0.15) is 21.2 Å². The van der Waals surface area contributed by atoms with Crippen molar-refractivity contribution in [1.82, 2.24) is 25.1 Å². The summed E-state index contributed by atoms with van der Waals surface area (Å²) >= 11 is 1.19. The molecule has 0 fully saturated rings. The third kappa shape index (κ3) is 2.89. The molecular weight excluding hydrogens is 293 g/mol. The van der Waals surface area contributed by atoms with Gasteiger partial charge in [0.15, 0.2) is 5.82 Å². The van der Waals surface area contributed by atoms with Gasteiger partial charge in [-0.3, -0.25) is 4.79 Å². The van der Waals surface area contributed by atoms with E-state index in [4.69, 9.17) is 0 Å². The average Bonchev–Trinajstić information content (AvgIpc) is 3.04. The van der Waals surface area contributed by atoms with Gasteiger partial charge >= 0.3 is 0 Å². The molecule has 0 saturated heterocycles. The SMILES string of the molecule is Cc1nnc2sc(C(=O)NCCc3ccc(F)cc3)nn12. The molecule has 0 atom stereocenters. The molecule has 108 valence electrons. The summed E-state index contributed by atoms with van der Waals surface area (Å²) in [6.45, 7) is 2.24. The lowest BCUT2D eigenvalue weighted by molar-refractivity contribution is 0.0952. The average molecular weight is 305 g/mol. The Kier molecular flexibility index (Phi) is 3.61. The Labute approximate surface area is 123 Å². The summed E-state index contributed by atoms with van der Waals surface area (Å²) in [7, 11) is 0. The van der Waals surface area contributed by atoms with Crippen molar-refractivity contribution in [1.29, 1.82) is 0 Å². The fraction of sp³-hybridized carbons (Fsp3) is 0.231. The third-order valence-electron chi connectivity index (χ3n) is 2.95. The lowest BCUT2D eigenvalue weighted by Gasteiger charge is -2.03. The Hall–Kier alpha value is -2.35. The zero-order valence-electron chi connectivity index (χ0n) is 11.2. The Bertz CT molecular complexity index is 780. The van der Waals surface area contributed by atoms with Gasteiger partial charge in [-0.25, -0.2) is 4.39 Å². The topological polar surface area (TPSA) is 72.2 Å². The molecule has 0 bridgehead atoms. The molecule has 6 nitrogen and oxygen atoms in total. The van der Waals surface area contributed by atoms with Gasteiger partial charge in [0.2, 0.25) is 9.97 Å². The van der Waals surface area contributed by atoms with E-state index in [1.54, 1.807) is 23.6 Å². The summed E-state index contributed by atoms with van der Waals surface area (Å²) in [5.74, 6) is 0.136. The van der Waals surface area contributed by atoms with E-state index < -0.39 is 0 Å². The van der Waals surface area contributed by atoms with Crippen molar-refractivity contribution < 1.29 is 9.18 Å². The highest BCUT2D eigenvalue weighted by atomic mass is 32.1. The molecule has 0 aliphatic carbocycles. The van der Waals surface area contributed by atoms with Crippen LogP contribution in [0.4, 0.5) is 4.39 Å². The van der Waals surface area contributed by atoms with Crippen LogP contribution >= 0.6 is 11.3 Å². The number of fused-ring (bicyclic) bond motifs is 1. The molecule has 0 aliphatic rings. The van der Waals surface area contributed by atoms with E-state index >= 15 is 0 Å². The second-order valence-electron chi connectivity index (χ2n) is 4.48. The molecule has 3 rings (SSSR count). The summed E-state index contributed by atoms with van der Waals surface area (Å²) in [6.07, 6.45) is 0.634. The Morgan fingerprint density at radius 2 is 2.10 bits per heavy atom. The predicted molar refractivity (Wildman–Crippen MR) is 75.8 cm³/mol. The fourth-order valence-corrected chi connectivity index (χ4v) is 2.65. The molecule has 0 radical (unpaired) electrons. The molecule has 0 saturated carbocycles. The number of hydrogen-bond donors (Lipinski definition) is 1. The van der Waals surface area contributed by atoms with Gasteiger partial charge in [-0.2, -0.15) is 4.52 Å². The van der Waals surface area contributed by atoms with E-state index in [1.807, 2.05) is 0 Å². The molecular formula is C13H12FN5OS. The smallest absolute Gasteiger partial charge is 0.282 e. The zero-order chi connectivity index (χ0) is 14.8. The summed E-state index contributed by atoms with van der Waals surface area (Å²) in [6, 6.07) is 6.22. The van der Waals surface area contributed by atoms with Gasteiger partial charge in [0.05, 0.1) is 0 Å². The molecule has 3 aromatic rings. The normalized spacial score (nSPS) is 11.0. The maximum Gasteiger partial charge on any atom is 0.282 e.